The van der Waals surface area contributed by atoms with Gasteiger partial charge >= 0.3 is 0 Å². The van der Waals surface area contributed by atoms with Gasteiger partial charge in [-0.2, -0.15) is 0 Å². The molecule has 0 spiro atoms. The lowest BCUT2D eigenvalue weighted by Crippen LogP contribution is -2.08. The normalized spacial score (nSPS) is 17.6. The monoisotopic (exact) mass is 228 g/mol. The van der Waals surface area contributed by atoms with Crippen LogP contribution in [-0.2, 0) is 0 Å². The van der Waals surface area contributed by atoms with Crippen LogP contribution in [0.15, 0.2) is 6.07 Å². The minimum absolute atomic E-state index is 0.268. The molecule has 0 N–H and O–H groups in total. The SMILES string of the molecule is Cc1cc(C(=O)C2CCCC2)sc1Cl. The molecule has 0 aliphatic heterocycles. The van der Waals surface area contributed by atoms with Crippen molar-refractivity contribution < 1.29 is 4.79 Å². The predicted octanol–water partition coefficient (Wildman–Crippen LogP) is 4.08. The first-order valence-corrected chi connectivity index (χ1v) is 6.18. The Balaban J connectivity index is 2.18. The predicted molar refractivity (Wildman–Crippen MR) is 60.4 cm³/mol. The summed E-state index contributed by atoms with van der Waals surface area (Å²) in [6.07, 6.45) is 4.53. The van der Waals surface area contributed by atoms with Gasteiger partial charge in [0.05, 0.1) is 9.21 Å². The smallest absolute Gasteiger partial charge is 0.175 e. The number of hydrogen-bond donors (Lipinski definition) is 0. The van der Waals surface area contributed by atoms with E-state index in [1.807, 2.05) is 13.0 Å². The van der Waals surface area contributed by atoms with Crippen LogP contribution in [0.1, 0.15) is 40.9 Å². The maximum Gasteiger partial charge on any atom is 0.175 e. The second-order valence-corrected chi connectivity index (χ2v) is 5.57. The van der Waals surface area contributed by atoms with Gasteiger partial charge in [-0.25, -0.2) is 0 Å². The Kier molecular flexibility index (Phi) is 2.93. The van der Waals surface area contributed by atoms with Crippen molar-refractivity contribution >= 4 is 28.7 Å². The van der Waals surface area contributed by atoms with Gasteiger partial charge in [-0.3, -0.25) is 4.79 Å². The zero-order valence-corrected chi connectivity index (χ0v) is 9.75. The van der Waals surface area contributed by atoms with E-state index in [4.69, 9.17) is 11.6 Å². The molecule has 0 bridgehead atoms. The van der Waals surface area contributed by atoms with Crippen LogP contribution in [0.4, 0.5) is 0 Å². The first-order valence-electron chi connectivity index (χ1n) is 4.98. The van der Waals surface area contributed by atoms with Gasteiger partial charge in [0.2, 0.25) is 0 Å². The Hall–Kier alpha value is -0.340. The minimum Gasteiger partial charge on any atom is -0.293 e. The van der Waals surface area contributed by atoms with Gasteiger partial charge in [0.1, 0.15) is 0 Å². The molecule has 1 aliphatic carbocycles. The molecule has 1 saturated carbocycles. The maximum atomic E-state index is 12.0. The summed E-state index contributed by atoms with van der Waals surface area (Å²) in [4.78, 5) is 12.8. The highest BCUT2D eigenvalue weighted by Gasteiger charge is 2.25. The summed E-state index contributed by atoms with van der Waals surface area (Å²) in [5, 5.41) is 0. The third-order valence-corrected chi connectivity index (χ3v) is 4.40. The lowest BCUT2D eigenvalue weighted by atomic mass is 10.0. The number of ketones is 1. The maximum absolute atomic E-state index is 12.0. The van der Waals surface area contributed by atoms with Crippen molar-refractivity contribution in [2.75, 3.05) is 0 Å². The zero-order chi connectivity index (χ0) is 10.1. The van der Waals surface area contributed by atoms with Crippen molar-refractivity contribution in [1.82, 2.24) is 0 Å². The van der Waals surface area contributed by atoms with E-state index in [-0.39, 0.29) is 5.92 Å². The van der Waals surface area contributed by atoms with Crippen LogP contribution in [0.25, 0.3) is 0 Å². The van der Waals surface area contributed by atoms with Crippen LogP contribution in [0.5, 0.6) is 0 Å². The van der Waals surface area contributed by atoms with E-state index in [0.717, 1.165) is 27.6 Å². The van der Waals surface area contributed by atoms with Crippen LogP contribution in [0.2, 0.25) is 4.34 Å². The topological polar surface area (TPSA) is 17.1 Å². The Labute approximate surface area is 93.1 Å². The van der Waals surface area contributed by atoms with Gasteiger partial charge < -0.3 is 0 Å². The number of hydrogen-bond acceptors (Lipinski definition) is 2. The summed E-state index contributed by atoms with van der Waals surface area (Å²) in [7, 11) is 0. The fourth-order valence-corrected chi connectivity index (χ4v) is 3.19. The largest absolute Gasteiger partial charge is 0.293 e. The van der Waals surface area contributed by atoms with Crippen molar-refractivity contribution in [3.63, 3.8) is 0 Å². The molecule has 76 valence electrons. The number of rotatable bonds is 2. The van der Waals surface area contributed by atoms with Crippen LogP contribution < -0.4 is 0 Å². The zero-order valence-electron chi connectivity index (χ0n) is 8.18. The molecule has 1 aromatic rings. The van der Waals surface area contributed by atoms with Gasteiger partial charge in [0.25, 0.3) is 0 Å². The molecule has 1 fully saturated rings. The average molecular weight is 229 g/mol. The molecular weight excluding hydrogens is 216 g/mol. The Morgan fingerprint density at radius 1 is 1.50 bits per heavy atom. The molecule has 2 rings (SSSR count). The first-order chi connectivity index (χ1) is 6.68. The highest BCUT2D eigenvalue weighted by molar-refractivity contribution is 7.18. The molecule has 1 aromatic heterocycles. The van der Waals surface area contributed by atoms with Crippen molar-refractivity contribution in [2.24, 2.45) is 5.92 Å². The van der Waals surface area contributed by atoms with E-state index in [0.29, 0.717) is 5.78 Å². The molecule has 1 aliphatic rings. The van der Waals surface area contributed by atoms with Crippen LogP contribution >= 0.6 is 22.9 Å². The number of halogens is 1. The van der Waals surface area contributed by atoms with Crippen LogP contribution in [0, 0.1) is 12.8 Å². The lowest BCUT2D eigenvalue weighted by Gasteiger charge is -2.04. The van der Waals surface area contributed by atoms with Crippen molar-refractivity contribution in [1.29, 1.82) is 0 Å². The van der Waals surface area contributed by atoms with E-state index in [1.165, 1.54) is 24.2 Å². The van der Waals surface area contributed by atoms with Crippen molar-refractivity contribution in [3.8, 4) is 0 Å². The Bertz CT molecular complexity index is 331. The van der Waals surface area contributed by atoms with Crippen LogP contribution in [-0.4, -0.2) is 5.78 Å². The number of aryl methyl sites for hydroxylation is 1. The van der Waals surface area contributed by atoms with Gasteiger partial charge in [-0.15, -0.1) is 11.3 Å². The molecule has 14 heavy (non-hydrogen) atoms. The van der Waals surface area contributed by atoms with Crippen molar-refractivity contribution in [2.45, 2.75) is 32.6 Å². The fourth-order valence-electron chi connectivity index (χ4n) is 1.97. The van der Waals surface area contributed by atoms with E-state index in [2.05, 4.69) is 0 Å². The van der Waals surface area contributed by atoms with Crippen molar-refractivity contribution in [3.05, 3.63) is 20.8 Å². The molecule has 1 heterocycles. The second-order valence-electron chi connectivity index (χ2n) is 3.91. The van der Waals surface area contributed by atoms with Crippen LogP contribution in [0.3, 0.4) is 0 Å². The fraction of sp³-hybridized carbons (Fsp3) is 0.545. The number of carbonyl (C=O) groups is 1. The van der Waals surface area contributed by atoms with Gasteiger partial charge in [-0.1, -0.05) is 24.4 Å². The third kappa shape index (κ3) is 1.86. The molecule has 0 radical (unpaired) electrons. The van der Waals surface area contributed by atoms with Gasteiger partial charge in [0.15, 0.2) is 5.78 Å². The Morgan fingerprint density at radius 3 is 2.64 bits per heavy atom. The van der Waals surface area contributed by atoms with Gasteiger partial charge in [0, 0.05) is 5.92 Å². The van der Waals surface area contributed by atoms with E-state index < -0.39 is 0 Å². The number of carbonyl (C=O) groups excluding carboxylic acids is 1. The number of thiophene rings is 1. The highest BCUT2D eigenvalue weighted by atomic mass is 35.5. The molecule has 0 unspecified atom stereocenters. The lowest BCUT2D eigenvalue weighted by molar-refractivity contribution is 0.0927. The number of Topliss-reactive ketones (excluding diaryl/α,β-unsaturated/α-hetero) is 1. The first kappa shape index (κ1) is 10.2. The highest BCUT2D eigenvalue weighted by Crippen LogP contribution is 2.33. The summed E-state index contributed by atoms with van der Waals surface area (Å²) in [6.45, 7) is 1.95. The summed E-state index contributed by atoms with van der Waals surface area (Å²) in [5.74, 6) is 0.576. The van der Waals surface area contributed by atoms with E-state index in [1.54, 1.807) is 0 Å². The van der Waals surface area contributed by atoms with E-state index >= 15 is 0 Å². The summed E-state index contributed by atoms with van der Waals surface area (Å²) in [6, 6.07) is 1.92. The van der Waals surface area contributed by atoms with E-state index in [9.17, 15) is 4.79 Å². The molecule has 0 saturated heterocycles. The summed E-state index contributed by atoms with van der Waals surface area (Å²) >= 11 is 7.37. The van der Waals surface area contributed by atoms with Gasteiger partial charge in [-0.05, 0) is 31.4 Å². The summed E-state index contributed by atoms with van der Waals surface area (Å²) < 4.78 is 0.756. The molecular formula is C11H13ClOS. The molecule has 0 amide bonds. The molecule has 0 aromatic carbocycles. The third-order valence-electron chi connectivity index (χ3n) is 2.83. The average Bonchev–Trinajstić information content (AvgIpc) is 2.76. The molecule has 0 atom stereocenters. The quantitative estimate of drug-likeness (QED) is 0.697. The summed E-state index contributed by atoms with van der Waals surface area (Å²) in [5.41, 5.74) is 1.03. The molecule has 3 heteroatoms. The minimum atomic E-state index is 0.268. The standard InChI is InChI=1S/C11H13ClOS/c1-7-6-9(14-11(7)12)10(13)8-4-2-3-5-8/h6,8H,2-5H2,1H3. The second kappa shape index (κ2) is 4.03. The Morgan fingerprint density at radius 2 is 2.14 bits per heavy atom. The molecule has 1 nitrogen and oxygen atoms in total.